The maximum Gasteiger partial charge on any atom is 0.295 e. The van der Waals surface area contributed by atoms with Crippen molar-refractivity contribution in [3.05, 3.63) is 84.1 Å². The number of aliphatic hydroxyl groups excluding tert-OH is 1. The molecule has 3 heterocycles. The smallest absolute Gasteiger partial charge is 0.295 e. The second-order valence-corrected chi connectivity index (χ2v) is 6.73. The SMILES string of the molecule is O=C1C(=O)N(c2ccc(CCO)cc2)C(c2cccnc2)C1C(=O)c1ccco1. The van der Waals surface area contributed by atoms with Gasteiger partial charge in [-0.15, -0.1) is 0 Å². The molecule has 0 aliphatic carbocycles. The maximum absolute atomic E-state index is 13.0. The predicted molar refractivity (Wildman–Crippen MR) is 103 cm³/mol. The molecule has 7 nitrogen and oxygen atoms in total. The number of hydrogen-bond acceptors (Lipinski definition) is 6. The van der Waals surface area contributed by atoms with Crippen LogP contribution >= 0.6 is 0 Å². The van der Waals surface area contributed by atoms with Crippen LogP contribution in [0.5, 0.6) is 0 Å². The number of furan rings is 1. The molecule has 1 aliphatic rings. The number of benzene rings is 1. The number of ketones is 2. The number of pyridine rings is 1. The van der Waals surface area contributed by atoms with Crippen molar-refractivity contribution in [1.29, 1.82) is 0 Å². The van der Waals surface area contributed by atoms with Crippen molar-refractivity contribution >= 4 is 23.2 Å². The van der Waals surface area contributed by atoms with Crippen molar-refractivity contribution in [2.45, 2.75) is 12.5 Å². The van der Waals surface area contributed by atoms with E-state index in [0.717, 1.165) is 5.56 Å². The molecule has 1 aromatic carbocycles. The molecular weight excluding hydrogens is 372 g/mol. The summed E-state index contributed by atoms with van der Waals surface area (Å²) in [6, 6.07) is 12.6. The van der Waals surface area contributed by atoms with Crippen LogP contribution in [0.4, 0.5) is 5.69 Å². The summed E-state index contributed by atoms with van der Waals surface area (Å²) in [6.45, 7) is 0.0124. The molecular formula is C22H18N2O5. The lowest BCUT2D eigenvalue weighted by atomic mass is 9.89. The molecule has 2 aromatic heterocycles. The van der Waals surface area contributed by atoms with E-state index in [4.69, 9.17) is 9.52 Å². The van der Waals surface area contributed by atoms with Crippen LogP contribution in [0.15, 0.2) is 71.6 Å². The van der Waals surface area contributed by atoms with E-state index in [2.05, 4.69) is 4.98 Å². The first-order valence-electron chi connectivity index (χ1n) is 9.16. The zero-order valence-electron chi connectivity index (χ0n) is 15.4. The lowest BCUT2D eigenvalue weighted by Crippen LogP contribution is -2.30. The zero-order valence-corrected chi connectivity index (χ0v) is 15.4. The fraction of sp³-hybridized carbons (Fsp3) is 0.182. The van der Waals surface area contributed by atoms with E-state index in [1.807, 2.05) is 0 Å². The minimum atomic E-state index is -1.23. The number of nitrogens with zero attached hydrogens (tertiary/aromatic N) is 2. The summed E-state index contributed by atoms with van der Waals surface area (Å²) >= 11 is 0. The van der Waals surface area contributed by atoms with Crippen LogP contribution in [-0.4, -0.2) is 34.2 Å². The molecule has 29 heavy (non-hydrogen) atoms. The number of rotatable bonds is 6. The number of Topliss-reactive ketones (excluding diaryl/α,β-unsaturated/α-hetero) is 2. The Morgan fingerprint density at radius 2 is 1.90 bits per heavy atom. The standard InChI is InChI=1S/C22H18N2O5/c25-11-9-14-5-7-16(8-6-14)24-19(15-3-1-10-23-13-15)18(21(27)22(24)28)20(26)17-4-2-12-29-17/h1-8,10,12-13,18-19,25H,9,11H2. The molecule has 0 spiro atoms. The third-order valence-corrected chi connectivity index (χ3v) is 4.99. The number of carbonyl (C=O) groups excluding carboxylic acids is 3. The Labute approximate surface area is 166 Å². The largest absolute Gasteiger partial charge is 0.461 e. The van der Waals surface area contributed by atoms with Gasteiger partial charge in [-0.25, -0.2) is 0 Å². The number of aliphatic hydroxyl groups is 1. The summed E-state index contributed by atoms with van der Waals surface area (Å²) in [6.07, 6.45) is 4.97. The van der Waals surface area contributed by atoms with Gasteiger partial charge in [0, 0.05) is 24.7 Å². The fourth-order valence-corrected chi connectivity index (χ4v) is 3.63. The lowest BCUT2D eigenvalue weighted by Gasteiger charge is -2.26. The highest BCUT2D eigenvalue weighted by Gasteiger charge is 2.53. The van der Waals surface area contributed by atoms with Crippen LogP contribution in [0.25, 0.3) is 0 Å². The second-order valence-electron chi connectivity index (χ2n) is 6.73. The van der Waals surface area contributed by atoms with Crippen LogP contribution < -0.4 is 4.90 Å². The Hall–Kier alpha value is -3.58. The van der Waals surface area contributed by atoms with Gasteiger partial charge in [0.2, 0.25) is 11.6 Å². The molecule has 0 bridgehead atoms. The van der Waals surface area contributed by atoms with Gasteiger partial charge in [-0.05, 0) is 47.9 Å². The summed E-state index contributed by atoms with van der Waals surface area (Å²) in [5, 5.41) is 9.09. The summed E-state index contributed by atoms with van der Waals surface area (Å²) < 4.78 is 5.19. The number of aromatic nitrogens is 1. The number of hydrogen-bond donors (Lipinski definition) is 1. The summed E-state index contributed by atoms with van der Waals surface area (Å²) in [4.78, 5) is 44.2. The zero-order chi connectivity index (χ0) is 20.4. The number of carbonyl (C=O) groups is 3. The van der Waals surface area contributed by atoms with Crippen LogP contribution in [0.1, 0.15) is 27.7 Å². The minimum Gasteiger partial charge on any atom is -0.461 e. The Morgan fingerprint density at radius 1 is 1.10 bits per heavy atom. The molecule has 146 valence electrons. The van der Waals surface area contributed by atoms with Crippen LogP contribution in [0.3, 0.4) is 0 Å². The highest BCUT2D eigenvalue weighted by atomic mass is 16.3. The Morgan fingerprint density at radius 3 is 2.52 bits per heavy atom. The second kappa shape index (κ2) is 7.81. The highest BCUT2D eigenvalue weighted by Crippen LogP contribution is 2.41. The van der Waals surface area contributed by atoms with Gasteiger partial charge in [-0.1, -0.05) is 18.2 Å². The average molecular weight is 390 g/mol. The predicted octanol–water partition coefficient (Wildman–Crippen LogP) is 2.37. The van der Waals surface area contributed by atoms with Gasteiger partial charge >= 0.3 is 0 Å². The van der Waals surface area contributed by atoms with E-state index in [9.17, 15) is 14.4 Å². The molecule has 7 heteroatoms. The highest BCUT2D eigenvalue weighted by molar-refractivity contribution is 6.48. The number of amides is 1. The van der Waals surface area contributed by atoms with Crippen molar-refractivity contribution < 1.29 is 23.9 Å². The van der Waals surface area contributed by atoms with Gasteiger partial charge in [-0.3, -0.25) is 24.3 Å². The van der Waals surface area contributed by atoms with E-state index in [1.165, 1.54) is 17.2 Å². The number of anilines is 1. The molecule has 1 saturated heterocycles. The van der Waals surface area contributed by atoms with E-state index in [1.54, 1.807) is 54.9 Å². The van der Waals surface area contributed by atoms with Crippen molar-refractivity contribution in [3.8, 4) is 0 Å². The van der Waals surface area contributed by atoms with Gasteiger partial charge in [-0.2, -0.15) is 0 Å². The average Bonchev–Trinajstić information content (AvgIpc) is 3.37. The van der Waals surface area contributed by atoms with Gasteiger partial charge in [0.05, 0.1) is 12.3 Å². The molecule has 1 fully saturated rings. The first kappa shape index (κ1) is 18.8. The van der Waals surface area contributed by atoms with Crippen LogP contribution in [0, 0.1) is 5.92 Å². The first-order valence-corrected chi connectivity index (χ1v) is 9.16. The van der Waals surface area contributed by atoms with E-state index >= 15 is 0 Å². The van der Waals surface area contributed by atoms with Crippen molar-refractivity contribution in [2.75, 3.05) is 11.5 Å². The minimum absolute atomic E-state index is 0.0124. The monoisotopic (exact) mass is 390 g/mol. The molecule has 2 atom stereocenters. The summed E-state index contributed by atoms with van der Waals surface area (Å²) in [7, 11) is 0. The van der Waals surface area contributed by atoms with Crippen LogP contribution in [0.2, 0.25) is 0 Å². The van der Waals surface area contributed by atoms with Crippen LogP contribution in [-0.2, 0) is 16.0 Å². The van der Waals surface area contributed by atoms with Gasteiger partial charge in [0.25, 0.3) is 5.91 Å². The molecule has 1 aliphatic heterocycles. The van der Waals surface area contributed by atoms with Gasteiger partial charge in [0.1, 0.15) is 5.92 Å². The molecule has 1 N–H and O–H groups in total. The van der Waals surface area contributed by atoms with Crippen molar-refractivity contribution in [3.63, 3.8) is 0 Å². The van der Waals surface area contributed by atoms with E-state index < -0.39 is 29.4 Å². The quantitative estimate of drug-likeness (QED) is 0.394. The Bertz CT molecular complexity index is 1030. The van der Waals surface area contributed by atoms with Gasteiger partial charge < -0.3 is 9.52 Å². The first-order chi connectivity index (χ1) is 14.1. The molecule has 0 saturated carbocycles. The lowest BCUT2D eigenvalue weighted by molar-refractivity contribution is -0.135. The molecule has 2 unspecified atom stereocenters. The summed E-state index contributed by atoms with van der Waals surface area (Å²) in [5.74, 6) is -3.26. The van der Waals surface area contributed by atoms with E-state index in [-0.39, 0.29) is 12.4 Å². The molecule has 1 amide bonds. The normalized spacial score (nSPS) is 19.0. The van der Waals surface area contributed by atoms with Gasteiger partial charge in [0.15, 0.2) is 5.76 Å². The van der Waals surface area contributed by atoms with E-state index in [0.29, 0.717) is 17.7 Å². The Balaban J connectivity index is 1.80. The third kappa shape index (κ3) is 3.36. The summed E-state index contributed by atoms with van der Waals surface area (Å²) in [5.41, 5.74) is 1.97. The van der Waals surface area contributed by atoms with Crippen molar-refractivity contribution in [1.82, 2.24) is 4.98 Å². The molecule has 0 radical (unpaired) electrons. The maximum atomic E-state index is 13.0. The Kier molecular flexibility index (Phi) is 5.05. The van der Waals surface area contributed by atoms with Crippen molar-refractivity contribution in [2.24, 2.45) is 5.92 Å². The third-order valence-electron chi connectivity index (χ3n) is 4.99. The molecule has 4 rings (SSSR count). The molecule has 3 aromatic rings. The fourth-order valence-electron chi connectivity index (χ4n) is 3.63. The topological polar surface area (TPSA) is 101 Å².